The molecule has 0 aromatic heterocycles. The number of fused-ring (bicyclic) bond motifs is 1. The van der Waals surface area contributed by atoms with Gasteiger partial charge in [0.2, 0.25) is 0 Å². The molecule has 3 nitrogen and oxygen atoms in total. The van der Waals surface area contributed by atoms with Gasteiger partial charge in [-0.2, -0.15) is 0 Å². The minimum atomic E-state index is -0.341. The summed E-state index contributed by atoms with van der Waals surface area (Å²) in [7, 11) is 0. The second-order valence-corrected chi connectivity index (χ2v) is 5.20. The zero-order valence-corrected chi connectivity index (χ0v) is 10.4. The summed E-state index contributed by atoms with van der Waals surface area (Å²) in [5.41, 5.74) is 5.85. The van der Waals surface area contributed by atoms with Gasteiger partial charge in [0.25, 0.3) is 0 Å². The zero-order chi connectivity index (χ0) is 11.5. The molecule has 2 rings (SSSR count). The van der Waals surface area contributed by atoms with Crippen LogP contribution < -0.4 is 5.73 Å². The molecule has 0 aliphatic carbocycles. The third-order valence-corrected chi connectivity index (χ3v) is 4.39. The summed E-state index contributed by atoms with van der Waals surface area (Å²) in [5, 5.41) is 0.516. The monoisotopic (exact) mass is 253 g/mol. The van der Waals surface area contributed by atoms with E-state index in [4.69, 9.17) is 10.5 Å². The van der Waals surface area contributed by atoms with Crippen molar-refractivity contribution in [1.29, 1.82) is 0 Å². The Balaban J connectivity index is 2.27. The third-order valence-electron chi connectivity index (χ3n) is 1.97. The fourth-order valence-electron chi connectivity index (χ4n) is 1.28. The molecular weight excluding hydrogens is 242 g/mol. The second kappa shape index (κ2) is 4.84. The van der Waals surface area contributed by atoms with Crippen LogP contribution in [-0.4, -0.2) is 12.6 Å². The van der Waals surface area contributed by atoms with Crippen molar-refractivity contribution in [3.63, 3.8) is 0 Å². The molecule has 1 aliphatic heterocycles. The molecule has 0 bridgehead atoms. The van der Waals surface area contributed by atoms with Gasteiger partial charge in [0, 0.05) is 9.79 Å². The van der Waals surface area contributed by atoms with Crippen molar-refractivity contribution in [1.82, 2.24) is 0 Å². The molecule has 0 spiro atoms. The predicted molar refractivity (Wildman–Crippen MR) is 66.0 cm³/mol. The van der Waals surface area contributed by atoms with E-state index in [0.717, 1.165) is 9.79 Å². The molecule has 0 saturated heterocycles. The van der Waals surface area contributed by atoms with Crippen LogP contribution in [0.25, 0.3) is 0 Å². The van der Waals surface area contributed by atoms with Crippen LogP contribution in [0.1, 0.15) is 6.92 Å². The number of carbonyl (C=O) groups excluding carboxylic acids is 1. The van der Waals surface area contributed by atoms with Gasteiger partial charge in [-0.15, -0.1) is 0 Å². The van der Waals surface area contributed by atoms with Gasteiger partial charge in [0.1, 0.15) is 4.91 Å². The van der Waals surface area contributed by atoms with Gasteiger partial charge in [-0.3, -0.25) is 0 Å². The Bertz CT molecular complexity index is 457. The summed E-state index contributed by atoms with van der Waals surface area (Å²) in [6, 6.07) is 7.85. The van der Waals surface area contributed by atoms with Crippen LogP contribution in [0.5, 0.6) is 0 Å². The molecule has 0 atom stereocenters. The second-order valence-electron chi connectivity index (χ2n) is 3.06. The summed E-state index contributed by atoms with van der Waals surface area (Å²) >= 11 is 2.78. The number of ether oxygens (including phenoxy) is 1. The first-order chi connectivity index (χ1) is 7.72. The van der Waals surface area contributed by atoms with Gasteiger partial charge in [0.15, 0.2) is 0 Å². The first-order valence-corrected chi connectivity index (χ1v) is 6.47. The zero-order valence-electron chi connectivity index (χ0n) is 8.73. The molecule has 0 unspecified atom stereocenters. The number of esters is 1. The van der Waals surface area contributed by atoms with Crippen molar-refractivity contribution in [3.05, 3.63) is 34.2 Å². The van der Waals surface area contributed by atoms with E-state index in [-0.39, 0.29) is 5.97 Å². The first kappa shape index (κ1) is 11.4. The van der Waals surface area contributed by atoms with Crippen molar-refractivity contribution in [2.45, 2.75) is 16.7 Å². The Kier molecular flexibility index (Phi) is 3.46. The molecule has 84 valence electrons. The Morgan fingerprint density at radius 2 is 1.94 bits per heavy atom. The average Bonchev–Trinajstić information content (AvgIpc) is 2.28. The normalized spacial score (nSPS) is 14.6. The summed E-state index contributed by atoms with van der Waals surface area (Å²) < 4.78 is 4.96. The highest BCUT2D eigenvalue weighted by Crippen LogP contribution is 2.44. The van der Waals surface area contributed by atoms with Crippen molar-refractivity contribution >= 4 is 29.5 Å². The van der Waals surface area contributed by atoms with Gasteiger partial charge >= 0.3 is 5.97 Å². The van der Waals surface area contributed by atoms with Crippen molar-refractivity contribution in [2.24, 2.45) is 5.73 Å². The van der Waals surface area contributed by atoms with E-state index in [1.54, 1.807) is 6.92 Å². The van der Waals surface area contributed by atoms with Gasteiger partial charge in [-0.05, 0) is 19.1 Å². The number of thioether (sulfide) groups is 2. The Hall–Kier alpha value is -1.07. The van der Waals surface area contributed by atoms with Crippen LogP contribution in [-0.2, 0) is 9.53 Å². The highest BCUT2D eigenvalue weighted by Gasteiger charge is 2.23. The van der Waals surface area contributed by atoms with Crippen LogP contribution in [0.15, 0.2) is 44.0 Å². The lowest BCUT2D eigenvalue weighted by Crippen LogP contribution is -2.12. The summed E-state index contributed by atoms with van der Waals surface area (Å²) in [6.07, 6.45) is 0. The molecule has 1 heterocycles. The highest BCUT2D eigenvalue weighted by molar-refractivity contribution is 8.10. The lowest BCUT2D eigenvalue weighted by Gasteiger charge is -2.17. The molecule has 1 aromatic rings. The lowest BCUT2D eigenvalue weighted by molar-refractivity contribution is -0.137. The molecule has 2 N–H and O–H groups in total. The van der Waals surface area contributed by atoms with Gasteiger partial charge in [-0.1, -0.05) is 35.7 Å². The smallest absolute Gasteiger partial charge is 0.347 e. The number of nitrogens with two attached hydrogens (primary N) is 1. The largest absolute Gasteiger partial charge is 0.462 e. The highest BCUT2D eigenvalue weighted by atomic mass is 32.2. The molecule has 0 fully saturated rings. The van der Waals surface area contributed by atoms with E-state index in [0.29, 0.717) is 16.5 Å². The van der Waals surface area contributed by atoms with Crippen LogP contribution in [0.3, 0.4) is 0 Å². The SMILES string of the molecule is CCOC(=O)C1=C(N)Sc2ccccc2S1. The van der Waals surface area contributed by atoms with E-state index >= 15 is 0 Å². The number of hydrogen-bond donors (Lipinski definition) is 1. The number of hydrogen-bond acceptors (Lipinski definition) is 5. The van der Waals surface area contributed by atoms with Crippen LogP contribution in [0, 0.1) is 0 Å². The quantitative estimate of drug-likeness (QED) is 0.821. The maximum Gasteiger partial charge on any atom is 0.347 e. The maximum atomic E-state index is 11.6. The predicted octanol–water partition coefficient (Wildman–Crippen LogP) is 2.58. The minimum absolute atomic E-state index is 0.341. The molecule has 0 radical (unpaired) electrons. The maximum absolute atomic E-state index is 11.6. The topological polar surface area (TPSA) is 52.3 Å². The third kappa shape index (κ3) is 2.20. The number of rotatable bonds is 2. The van der Waals surface area contributed by atoms with E-state index in [2.05, 4.69) is 0 Å². The van der Waals surface area contributed by atoms with Crippen LogP contribution >= 0.6 is 23.5 Å². The van der Waals surface area contributed by atoms with Crippen molar-refractivity contribution < 1.29 is 9.53 Å². The lowest BCUT2D eigenvalue weighted by atomic mass is 10.4. The van der Waals surface area contributed by atoms with Gasteiger partial charge in [0.05, 0.1) is 11.6 Å². The van der Waals surface area contributed by atoms with Crippen molar-refractivity contribution in [2.75, 3.05) is 6.61 Å². The summed E-state index contributed by atoms with van der Waals surface area (Å²) in [4.78, 5) is 14.2. The van der Waals surface area contributed by atoms with Crippen molar-refractivity contribution in [3.8, 4) is 0 Å². The van der Waals surface area contributed by atoms with Gasteiger partial charge in [-0.25, -0.2) is 4.79 Å². The molecule has 5 heteroatoms. The number of carbonyl (C=O) groups is 1. The van der Waals surface area contributed by atoms with Crippen LogP contribution in [0.4, 0.5) is 0 Å². The Morgan fingerprint density at radius 3 is 2.56 bits per heavy atom. The molecule has 1 aromatic carbocycles. The van der Waals surface area contributed by atoms with E-state index < -0.39 is 0 Å². The fourth-order valence-corrected chi connectivity index (χ4v) is 3.29. The molecule has 1 aliphatic rings. The van der Waals surface area contributed by atoms with Gasteiger partial charge < -0.3 is 10.5 Å². The van der Waals surface area contributed by atoms with E-state index in [1.165, 1.54) is 23.5 Å². The molecule has 16 heavy (non-hydrogen) atoms. The molecular formula is C11H11NO2S2. The summed E-state index contributed by atoms with van der Waals surface area (Å²) in [5.74, 6) is -0.341. The van der Waals surface area contributed by atoms with Crippen LogP contribution in [0.2, 0.25) is 0 Å². The Morgan fingerprint density at radius 1 is 1.31 bits per heavy atom. The number of benzene rings is 1. The standard InChI is InChI=1S/C11H11NO2S2/c1-2-14-11(13)9-10(12)16-8-6-4-3-5-7(8)15-9/h3-6H,2,12H2,1H3. The molecule has 0 saturated carbocycles. The fraction of sp³-hybridized carbons (Fsp3) is 0.182. The summed E-state index contributed by atoms with van der Waals surface area (Å²) in [6.45, 7) is 2.14. The van der Waals surface area contributed by atoms with E-state index in [1.807, 2.05) is 24.3 Å². The Labute approximate surface area is 102 Å². The minimum Gasteiger partial charge on any atom is -0.462 e. The van der Waals surface area contributed by atoms with E-state index in [9.17, 15) is 4.79 Å². The first-order valence-electron chi connectivity index (χ1n) is 4.84. The average molecular weight is 253 g/mol. The molecule has 0 amide bonds.